The lowest BCUT2D eigenvalue weighted by molar-refractivity contribution is 0.0893. The molecule has 1 saturated heterocycles. The molecule has 5 nitrogen and oxygen atoms in total. The Morgan fingerprint density at radius 2 is 1.68 bits per heavy atom. The summed E-state index contributed by atoms with van der Waals surface area (Å²) in [5.74, 6) is -1.68. The van der Waals surface area contributed by atoms with E-state index >= 15 is 0 Å². The minimum absolute atomic E-state index is 0.0108. The Morgan fingerprint density at radius 3 is 2.42 bits per heavy atom. The van der Waals surface area contributed by atoms with Gasteiger partial charge in [0.05, 0.1) is 0 Å². The summed E-state index contributed by atoms with van der Waals surface area (Å²) in [5.41, 5.74) is 1.31. The standard InChI is InChI=1S/C24H24F2N2O3/c25-19-6-7-22(20(26)16-19)30-24-9-8-23(31-24)21(29)10-11-27-12-14-28(15-13-27)17-18-4-2-1-3-5-18/h1-9,16H,10-15,17H2. The zero-order chi connectivity index (χ0) is 21.6. The van der Waals surface area contributed by atoms with Crippen LogP contribution in [0.1, 0.15) is 22.5 Å². The van der Waals surface area contributed by atoms with E-state index in [0.29, 0.717) is 13.0 Å². The monoisotopic (exact) mass is 426 g/mol. The number of hydrogen-bond acceptors (Lipinski definition) is 5. The number of ketones is 1. The van der Waals surface area contributed by atoms with Crippen LogP contribution in [0.3, 0.4) is 0 Å². The molecule has 3 aromatic rings. The molecule has 7 heteroatoms. The van der Waals surface area contributed by atoms with Gasteiger partial charge in [-0.1, -0.05) is 30.3 Å². The molecule has 0 amide bonds. The van der Waals surface area contributed by atoms with Crippen LogP contribution in [-0.2, 0) is 6.54 Å². The Bertz CT molecular complexity index is 1010. The second-order valence-corrected chi connectivity index (χ2v) is 7.57. The molecule has 0 N–H and O–H groups in total. The maximum absolute atomic E-state index is 13.7. The molecule has 1 aliphatic rings. The van der Waals surface area contributed by atoms with Crippen molar-refractivity contribution in [2.45, 2.75) is 13.0 Å². The van der Waals surface area contributed by atoms with E-state index in [2.05, 4.69) is 34.1 Å². The van der Waals surface area contributed by atoms with Gasteiger partial charge in [-0.3, -0.25) is 9.69 Å². The van der Waals surface area contributed by atoms with Gasteiger partial charge in [0.2, 0.25) is 0 Å². The zero-order valence-corrected chi connectivity index (χ0v) is 17.1. The van der Waals surface area contributed by atoms with Gasteiger partial charge >= 0.3 is 0 Å². The van der Waals surface area contributed by atoms with Gasteiger partial charge in [-0.05, 0) is 23.8 Å². The minimum atomic E-state index is -0.837. The van der Waals surface area contributed by atoms with Crippen molar-refractivity contribution in [2.75, 3.05) is 32.7 Å². The fraction of sp³-hybridized carbons (Fsp3) is 0.292. The Labute approximate surface area is 179 Å². The van der Waals surface area contributed by atoms with Crippen molar-refractivity contribution < 1.29 is 22.7 Å². The van der Waals surface area contributed by atoms with Crippen molar-refractivity contribution in [3.05, 3.63) is 83.6 Å². The topological polar surface area (TPSA) is 45.9 Å². The van der Waals surface area contributed by atoms with E-state index in [1.165, 1.54) is 23.8 Å². The van der Waals surface area contributed by atoms with Crippen LogP contribution in [0.15, 0.2) is 65.1 Å². The number of nitrogens with zero attached hydrogens (tertiary/aromatic N) is 2. The average molecular weight is 426 g/mol. The third-order valence-electron chi connectivity index (χ3n) is 5.33. The molecule has 0 unspecified atom stereocenters. The number of carbonyl (C=O) groups is 1. The molecule has 1 aromatic heterocycles. The first kappa shape index (κ1) is 21.2. The minimum Gasteiger partial charge on any atom is -0.423 e. The highest BCUT2D eigenvalue weighted by Crippen LogP contribution is 2.27. The molecule has 0 saturated carbocycles. The number of hydrogen-bond donors (Lipinski definition) is 0. The molecule has 0 spiro atoms. The second kappa shape index (κ2) is 9.85. The summed E-state index contributed by atoms with van der Waals surface area (Å²) in [6.07, 6.45) is 0.330. The maximum Gasteiger partial charge on any atom is 0.290 e. The van der Waals surface area contributed by atoms with Crippen LogP contribution in [0.4, 0.5) is 8.78 Å². The smallest absolute Gasteiger partial charge is 0.290 e. The van der Waals surface area contributed by atoms with Gasteiger partial charge in [-0.2, -0.15) is 0 Å². The number of benzene rings is 2. The molecular formula is C24H24F2N2O3. The van der Waals surface area contributed by atoms with Gasteiger partial charge in [0.25, 0.3) is 5.95 Å². The summed E-state index contributed by atoms with van der Waals surface area (Å²) < 4.78 is 37.4. The van der Waals surface area contributed by atoms with Crippen LogP contribution in [0, 0.1) is 11.6 Å². The molecule has 0 bridgehead atoms. The van der Waals surface area contributed by atoms with Gasteiger partial charge < -0.3 is 14.1 Å². The van der Waals surface area contributed by atoms with Gasteiger partial charge in [-0.25, -0.2) is 8.78 Å². The van der Waals surface area contributed by atoms with Crippen LogP contribution in [-0.4, -0.2) is 48.3 Å². The van der Waals surface area contributed by atoms with Gasteiger partial charge in [0, 0.05) is 57.8 Å². The summed E-state index contributed by atoms with van der Waals surface area (Å²) in [6.45, 7) is 5.35. The van der Waals surface area contributed by atoms with Crippen molar-refractivity contribution in [3.63, 3.8) is 0 Å². The number of Topliss-reactive ketones (excluding diaryl/α,β-unsaturated/α-hetero) is 1. The van der Waals surface area contributed by atoms with Gasteiger partial charge in [0.15, 0.2) is 23.1 Å². The first-order valence-electron chi connectivity index (χ1n) is 10.3. The lowest BCUT2D eigenvalue weighted by Gasteiger charge is -2.34. The third-order valence-corrected chi connectivity index (χ3v) is 5.33. The predicted octanol–water partition coefficient (Wildman–Crippen LogP) is 4.74. The first-order chi connectivity index (χ1) is 15.1. The SMILES string of the molecule is O=C(CCN1CCN(Cc2ccccc2)CC1)c1ccc(Oc2ccc(F)cc2F)o1. The van der Waals surface area contributed by atoms with Crippen LogP contribution in [0.5, 0.6) is 11.7 Å². The number of rotatable bonds is 8. The van der Waals surface area contributed by atoms with Crippen LogP contribution >= 0.6 is 0 Å². The highest BCUT2D eigenvalue weighted by molar-refractivity contribution is 5.93. The Hall–Kier alpha value is -3.03. The average Bonchev–Trinajstić information content (AvgIpc) is 3.24. The van der Waals surface area contributed by atoms with E-state index in [1.807, 2.05) is 6.07 Å². The highest BCUT2D eigenvalue weighted by atomic mass is 19.1. The lowest BCUT2D eigenvalue weighted by Crippen LogP contribution is -2.46. The molecule has 2 aromatic carbocycles. The number of carbonyl (C=O) groups excluding carboxylic acids is 1. The Morgan fingerprint density at radius 1 is 0.935 bits per heavy atom. The zero-order valence-electron chi connectivity index (χ0n) is 17.1. The van der Waals surface area contributed by atoms with Gasteiger partial charge in [0.1, 0.15) is 5.82 Å². The van der Waals surface area contributed by atoms with Crippen LogP contribution in [0.2, 0.25) is 0 Å². The second-order valence-electron chi connectivity index (χ2n) is 7.57. The normalized spacial score (nSPS) is 15.2. The predicted molar refractivity (Wildman–Crippen MR) is 112 cm³/mol. The Balaban J connectivity index is 1.22. The summed E-state index contributed by atoms with van der Waals surface area (Å²) in [7, 11) is 0. The van der Waals surface area contributed by atoms with Crippen molar-refractivity contribution in [1.82, 2.24) is 9.80 Å². The largest absolute Gasteiger partial charge is 0.423 e. The summed E-state index contributed by atoms with van der Waals surface area (Å²) in [6, 6.07) is 16.4. The molecule has 1 aliphatic heterocycles. The molecule has 1 fully saturated rings. The summed E-state index contributed by atoms with van der Waals surface area (Å²) in [5, 5.41) is 0. The van der Waals surface area contributed by atoms with Crippen LogP contribution < -0.4 is 4.74 Å². The number of ether oxygens (including phenoxy) is 1. The number of halogens is 2. The molecule has 0 aliphatic carbocycles. The van der Waals surface area contributed by atoms with E-state index in [0.717, 1.165) is 44.9 Å². The summed E-state index contributed by atoms with van der Waals surface area (Å²) in [4.78, 5) is 17.1. The number of piperazine rings is 1. The molecule has 162 valence electrons. The van der Waals surface area contributed by atoms with E-state index in [1.54, 1.807) is 0 Å². The van der Waals surface area contributed by atoms with Crippen molar-refractivity contribution >= 4 is 5.78 Å². The Kier molecular flexibility index (Phi) is 6.74. The molecule has 0 atom stereocenters. The summed E-state index contributed by atoms with van der Waals surface area (Å²) >= 11 is 0. The number of furan rings is 1. The quantitative estimate of drug-likeness (QED) is 0.487. The van der Waals surface area contributed by atoms with E-state index in [-0.39, 0.29) is 23.2 Å². The molecule has 4 rings (SSSR count). The van der Waals surface area contributed by atoms with Gasteiger partial charge in [-0.15, -0.1) is 0 Å². The first-order valence-corrected chi connectivity index (χ1v) is 10.3. The highest BCUT2D eigenvalue weighted by Gasteiger charge is 2.19. The maximum atomic E-state index is 13.7. The lowest BCUT2D eigenvalue weighted by atomic mass is 10.2. The molecular weight excluding hydrogens is 402 g/mol. The third kappa shape index (κ3) is 5.77. The fourth-order valence-corrected chi connectivity index (χ4v) is 3.59. The van der Waals surface area contributed by atoms with Crippen molar-refractivity contribution in [1.29, 1.82) is 0 Å². The van der Waals surface area contributed by atoms with E-state index in [4.69, 9.17) is 9.15 Å². The van der Waals surface area contributed by atoms with Crippen molar-refractivity contribution in [3.8, 4) is 11.7 Å². The molecule has 2 heterocycles. The van der Waals surface area contributed by atoms with Crippen molar-refractivity contribution in [2.24, 2.45) is 0 Å². The van der Waals surface area contributed by atoms with E-state index < -0.39 is 11.6 Å². The molecule has 0 radical (unpaired) electrons. The van der Waals surface area contributed by atoms with E-state index in [9.17, 15) is 13.6 Å². The fourth-order valence-electron chi connectivity index (χ4n) is 3.59. The molecule has 31 heavy (non-hydrogen) atoms. The van der Waals surface area contributed by atoms with Crippen LogP contribution in [0.25, 0.3) is 0 Å².